The summed E-state index contributed by atoms with van der Waals surface area (Å²) in [7, 11) is 0. The minimum atomic E-state index is -1.96. The zero-order valence-electron chi connectivity index (χ0n) is 18.2. The van der Waals surface area contributed by atoms with Crippen molar-refractivity contribution in [2.45, 2.75) is 65.5 Å². The Labute approximate surface area is 179 Å². The first-order valence-corrected chi connectivity index (χ1v) is 18.5. The van der Waals surface area contributed by atoms with Crippen LogP contribution >= 0.6 is 0 Å². The van der Waals surface area contributed by atoms with E-state index in [0.717, 1.165) is 17.5 Å². The fraction of sp³-hybridized carbons (Fsp3) is 0.385. The molecular formula is C26H32SiZr. The molecule has 0 saturated heterocycles. The number of aryl methyl sites for hydroxylation is 2. The Balaban J connectivity index is 2.01. The van der Waals surface area contributed by atoms with Gasteiger partial charge in [-0.3, -0.25) is 0 Å². The van der Waals surface area contributed by atoms with Crippen molar-refractivity contribution in [2.24, 2.45) is 0 Å². The van der Waals surface area contributed by atoms with E-state index in [1.807, 2.05) is 6.55 Å². The Bertz CT molecular complexity index is 1020. The van der Waals surface area contributed by atoms with Crippen LogP contribution in [0.2, 0.25) is 11.1 Å². The average Bonchev–Trinajstić information content (AvgIpc) is 3.26. The van der Waals surface area contributed by atoms with Gasteiger partial charge >= 0.3 is 180 Å². The summed E-state index contributed by atoms with van der Waals surface area (Å²) in [5.74, 6) is 0. The molecule has 144 valence electrons. The molecule has 0 unspecified atom stereocenters. The molecule has 2 heteroatoms. The van der Waals surface area contributed by atoms with Gasteiger partial charge in [0.1, 0.15) is 0 Å². The Hall–Kier alpha value is -0.980. The Kier molecular flexibility index (Phi) is 5.83. The normalized spacial score (nSPS) is 14.5. The van der Waals surface area contributed by atoms with Crippen molar-refractivity contribution in [1.82, 2.24) is 0 Å². The summed E-state index contributed by atoms with van der Waals surface area (Å²) in [4.78, 5) is 0. The Morgan fingerprint density at radius 1 is 0.929 bits per heavy atom. The summed E-state index contributed by atoms with van der Waals surface area (Å²) in [6.45, 7) is 14.7. The van der Waals surface area contributed by atoms with Crippen LogP contribution in [0.25, 0.3) is 11.1 Å². The van der Waals surface area contributed by atoms with Gasteiger partial charge in [-0.05, 0) is 0 Å². The van der Waals surface area contributed by atoms with Crippen LogP contribution in [0.1, 0.15) is 56.4 Å². The van der Waals surface area contributed by atoms with Crippen molar-refractivity contribution in [1.29, 1.82) is 0 Å². The molecule has 0 radical (unpaired) electrons. The third-order valence-corrected chi connectivity index (χ3v) is 31.0. The van der Waals surface area contributed by atoms with E-state index in [0.29, 0.717) is 0 Å². The van der Waals surface area contributed by atoms with Gasteiger partial charge in [0.05, 0.1) is 0 Å². The summed E-state index contributed by atoms with van der Waals surface area (Å²) in [5, 5.41) is 0. The molecular weight excluding hydrogens is 432 g/mol. The number of hydrogen-bond donors (Lipinski definition) is 0. The fourth-order valence-corrected chi connectivity index (χ4v) is 29.6. The van der Waals surface area contributed by atoms with Crippen molar-refractivity contribution in [2.75, 3.05) is 0 Å². The molecule has 2 aliphatic carbocycles. The molecule has 0 saturated carbocycles. The van der Waals surface area contributed by atoms with E-state index >= 15 is 0 Å². The molecule has 4 rings (SSSR count). The van der Waals surface area contributed by atoms with Crippen molar-refractivity contribution in [3.63, 3.8) is 0 Å². The predicted molar refractivity (Wildman–Crippen MR) is 122 cm³/mol. The third-order valence-electron chi connectivity index (χ3n) is 6.31. The molecule has 0 bridgehead atoms. The minimum absolute atomic E-state index is 0.401. The van der Waals surface area contributed by atoms with Crippen molar-refractivity contribution in [3.05, 3.63) is 74.1 Å². The summed E-state index contributed by atoms with van der Waals surface area (Å²) in [5.41, 5.74) is 10.5. The predicted octanol–water partition coefficient (Wildman–Crippen LogP) is 6.77. The Morgan fingerprint density at radius 2 is 1.64 bits per heavy atom. The SMILES string of the molecule is Cc1ccc2c(c1)Cc1c-2ccc(C)[c]1[Zr]([C]1=CC=CC1)=[Si](C(C)C)C(C)C. The first-order chi connectivity index (χ1) is 13.4. The van der Waals surface area contributed by atoms with E-state index in [4.69, 9.17) is 0 Å². The first-order valence-electron chi connectivity index (χ1n) is 10.7. The molecule has 0 fully saturated rings. The van der Waals surface area contributed by atoms with E-state index in [9.17, 15) is 0 Å². The number of benzene rings is 2. The van der Waals surface area contributed by atoms with Gasteiger partial charge in [0.25, 0.3) is 0 Å². The van der Waals surface area contributed by atoms with E-state index in [1.165, 1.54) is 23.1 Å². The molecule has 0 N–H and O–H groups in total. The fourth-order valence-electron chi connectivity index (χ4n) is 5.24. The van der Waals surface area contributed by atoms with Crippen LogP contribution in [0.4, 0.5) is 0 Å². The maximum absolute atomic E-state index is 2.51. The molecule has 0 aliphatic heterocycles. The van der Waals surface area contributed by atoms with E-state index < -0.39 is 25.8 Å². The van der Waals surface area contributed by atoms with Crippen molar-refractivity contribution in [3.8, 4) is 11.1 Å². The quantitative estimate of drug-likeness (QED) is 0.374. The second kappa shape index (κ2) is 8.04. The van der Waals surface area contributed by atoms with Crippen LogP contribution in [0.3, 0.4) is 0 Å². The van der Waals surface area contributed by atoms with Crippen molar-refractivity contribution >= 4 is 8.70 Å². The first kappa shape index (κ1) is 20.3. The molecule has 0 aromatic heterocycles. The number of hydrogen-bond acceptors (Lipinski definition) is 0. The van der Waals surface area contributed by atoms with Gasteiger partial charge < -0.3 is 0 Å². The van der Waals surface area contributed by atoms with Gasteiger partial charge in [-0.2, -0.15) is 0 Å². The molecule has 0 atom stereocenters. The van der Waals surface area contributed by atoms with Gasteiger partial charge in [0.2, 0.25) is 0 Å². The molecule has 0 amide bonds. The van der Waals surface area contributed by atoms with Gasteiger partial charge in [-0.25, -0.2) is 0 Å². The van der Waals surface area contributed by atoms with Crippen LogP contribution < -0.4 is 3.27 Å². The summed E-state index contributed by atoms with van der Waals surface area (Å²) < 4.78 is 3.71. The van der Waals surface area contributed by atoms with Gasteiger partial charge in [-0.1, -0.05) is 0 Å². The topological polar surface area (TPSA) is 0 Å². The molecule has 0 spiro atoms. The second-order valence-corrected chi connectivity index (χ2v) is 24.2. The van der Waals surface area contributed by atoms with Crippen LogP contribution in [0.15, 0.2) is 51.8 Å². The van der Waals surface area contributed by atoms with Gasteiger partial charge in [0.15, 0.2) is 0 Å². The zero-order chi connectivity index (χ0) is 20.0. The molecule has 0 nitrogen and oxygen atoms in total. The number of rotatable bonds is 4. The molecule has 2 aromatic rings. The summed E-state index contributed by atoms with van der Waals surface area (Å²) in [6.07, 6.45) is 9.60. The third kappa shape index (κ3) is 3.52. The van der Waals surface area contributed by atoms with E-state index in [2.05, 4.69) is 90.1 Å². The number of allylic oxidation sites excluding steroid dienone is 4. The second-order valence-electron chi connectivity index (χ2n) is 9.08. The standard InChI is InChI=1S/C15H13.C6H14Si.C5H5.Zr/c1-10-3-5-14-12(7-10)9-13-8-11(2)4-6-15(13)14;1-5(2)7-6(3)4;1-2-4-5-3-1;/h3-7H,9H2,1-2H3;5-6H,1-4H3;1-3H,4H2;. The van der Waals surface area contributed by atoms with Crippen LogP contribution in [0.5, 0.6) is 0 Å². The monoisotopic (exact) mass is 462 g/mol. The summed E-state index contributed by atoms with van der Waals surface area (Å²) in [6, 6.07) is 11.9. The zero-order valence-corrected chi connectivity index (χ0v) is 21.6. The molecule has 0 heterocycles. The number of fused-ring (bicyclic) bond motifs is 3. The van der Waals surface area contributed by atoms with Crippen molar-refractivity contribution < 1.29 is 20.4 Å². The van der Waals surface area contributed by atoms with Crippen LogP contribution in [0, 0.1) is 13.8 Å². The molecule has 2 aliphatic rings. The molecule has 28 heavy (non-hydrogen) atoms. The van der Waals surface area contributed by atoms with E-state index in [-0.39, 0.29) is 0 Å². The summed E-state index contributed by atoms with van der Waals surface area (Å²) >= 11 is -1.96. The maximum atomic E-state index is 2.51. The average molecular weight is 464 g/mol. The van der Waals surface area contributed by atoms with Crippen LogP contribution in [-0.2, 0) is 26.8 Å². The Morgan fingerprint density at radius 3 is 2.29 bits per heavy atom. The van der Waals surface area contributed by atoms with Crippen LogP contribution in [-0.4, -0.2) is 5.43 Å². The van der Waals surface area contributed by atoms with Gasteiger partial charge in [-0.15, -0.1) is 0 Å². The molecule has 2 aromatic carbocycles. The van der Waals surface area contributed by atoms with E-state index in [1.54, 1.807) is 16.7 Å². The van der Waals surface area contributed by atoms with Gasteiger partial charge in [0, 0.05) is 0 Å².